The molecular weight excluding hydrogens is 397 g/mol. The summed E-state index contributed by atoms with van der Waals surface area (Å²) in [7, 11) is 0. The highest BCUT2D eigenvalue weighted by Gasteiger charge is 2.42. The molecule has 31 heavy (non-hydrogen) atoms. The van der Waals surface area contributed by atoms with Gasteiger partial charge in [-0.05, 0) is 57.4 Å². The number of likely N-dealkylation sites (tertiary alicyclic amines) is 2. The molecule has 1 amide bonds. The summed E-state index contributed by atoms with van der Waals surface area (Å²) >= 11 is 0. The van der Waals surface area contributed by atoms with Crippen molar-refractivity contribution >= 4 is 6.09 Å². The van der Waals surface area contributed by atoms with Crippen LogP contribution in [0.4, 0.5) is 9.18 Å². The highest BCUT2D eigenvalue weighted by Crippen LogP contribution is 2.44. The Morgan fingerprint density at radius 2 is 1.77 bits per heavy atom. The first-order valence-electron chi connectivity index (χ1n) is 12.2. The van der Waals surface area contributed by atoms with Crippen molar-refractivity contribution in [2.45, 2.75) is 89.7 Å². The second-order valence-corrected chi connectivity index (χ2v) is 9.30. The zero-order valence-electron chi connectivity index (χ0n) is 19.1. The normalized spacial score (nSPS) is 30.3. The Morgan fingerprint density at radius 3 is 2.42 bits per heavy atom. The Hall–Kier alpha value is -1.60. The number of piperidine rings is 2. The molecule has 174 valence electrons. The first kappa shape index (κ1) is 22.6. The molecule has 6 nitrogen and oxygen atoms in total. The van der Waals surface area contributed by atoms with Crippen LogP contribution in [0.25, 0.3) is 0 Å². The highest BCUT2D eigenvalue weighted by atomic mass is 19.1. The number of aliphatic hydroxyl groups excluding tert-OH is 1. The average molecular weight is 436 g/mol. The number of carbonyl (C=O) groups is 1. The summed E-state index contributed by atoms with van der Waals surface area (Å²) in [5.74, 6) is 0. The Balaban J connectivity index is 1.35. The lowest BCUT2D eigenvalue weighted by Gasteiger charge is -2.45. The quantitative estimate of drug-likeness (QED) is 0.728. The van der Waals surface area contributed by atoms with Crippen molar-refractivity contribution in [3.8, 4) is 0 Å². The van der Waals surface area contributed by atoms with Crippen LogP contribution in [0.2, 0.25) is 0 Å². The lowest BCUT2D eigenvalue weighted by Crippen LogP contribution is -2.52. The molecule has 3 heterocycles. The summed E-state index contributed by atoms with van der Waals surface area (Å²) in [4.78, 5) is 18.6. The smallest absolute Gasteiger partial charge is 0.409 e. The first-order valence-corrected chi connectivity index (χ1v) is 12.2. The maximum absolute atomic E-state index is 14.1. The van der Waals surface area contributed by atoms with Crippen LogP contribution in [-0.2, 0) is 4.74 Å². The topological polar surface area (TPSA) is 56.2 Å². The van der Waals surface area contributed by atoms with Gasteiger partial charge >= 0.3 is 6.09 Å². The van der Waals surface area contributed by atoms with E-state index >= 15 is 0 Å². The number of carbonyl (C=O) groups excluding carboxylic acids is 1. The molecular formula is C24H38FN3O3. The van der Waals surface area contributed by atoms with Gasteiger partial charge in [0.05, 0.1) is 6.61 Å². The van der Waals surface area contributed by atoms with E-state index in [2.05, 4.69) is 22.8 Å². The number of aliphatic hydroxyl groups is 1. The highest BCUT2D eigenvalue weighted by molar-refractivity contribution is 5.67. The van der Waals surface area contributed by atoms with Crippen LogP contribution < -0.4 is 0 Å². The van der Waals surface area contributed by atoms with Gasteiger partial charge in [0, 0.05) is 56.0 Å². The van der Waals surface area contributed by atoms with Gasteiger partial charge in [-0.15, -0.1) is 0 Å². The minimum absolute atomic E-state index is 0.189. The van der Waals surface area contributed by atoms with Crippen LogP contribution in [0.5, 0.6) is 0 Å². The summed E-state index contributed by atoms with van der Waals surface area (Å²) in [5.41, 5.74) is 3.22. The van der Waals surface area contributed by atoms with Gasteiger partial charge < -0.3 is 24.5 Å². The van der Waals surface area contributed by atoms with Crippen molar-refractivity contribution in [1.29, 1.82) is 0 Å². The third-order valence-electron chi connectivity index (χ3n) is 7.49. The zero-order valence-corrected chi connectivity index (χ0v) is 19.1. The number of allylic oxidation sites excluding steroid dienone is 2. The molecule has 0 radical (unpaired) electrons. The van der Waals surface area contributed by atoms with Gasteiger partial charge in [0.2, 0.25) is 0 Å². The number of hydrogen-bond acceptors (Lipinski definition) is 5. The van der Waals surface area contributed by atoms with Crippen LogP contribution in [0.15, 0.2) is 22.9 Å². The molecule has 1 aliphatic carbocycles. The minimum Gasteiger partial charge on any atom is -0.450 e. The van der Waals surface area contributed by atoms with Crippen LogP contribution in [0.3, 0.4) is 0 Å². The van der Waals surface area contributed by atoms with Gasteiger partial charge in [-0.3, -0.25) is 0 Å². The van der Waals surface area contributed by atoms with Crippen molar-refractivity contribution in [2.24, 2.45) is 0 Å². The molecule has 0 aromatic carbocycles. The molecule has 2 saturated heterocycles. The van der Waals surface area contributed by atoms with Crippen LogP contribution in [-0.4, -0.2) is 83.2 Å². The number of ether oxygens (including phenoxy) is 1. The predicted octanol–water partition coefficient (Wildman–Crippen LogP) is 3.82. The van der Waals surface area contributed by atoms with E-state index in [1.807, 2.05) is 11.8 Å². The Bertz CT molecular complexity index is 709. The summed E-state index contributed by atoms with van der Waals surface area (Å²) in [6.07, 6.45) is 7.14. The lowest BCUT2D eigenvalue weighted by atomic mass is 9.91. The molecule has 4 rings (SSSR count). The maximum Gasteiger partial charge on any atom is 0.409 e. The summed E-state index contributed by atoms with van der Waals surface area (Å²) in [5, 5.41) is 11.1. The van der Waals surface area contributed by atoms with Crippen LogP contribution in [0, 0.1) is 0 Å². The zero-order chi connectivity index (χ0) is 22.0. The Morgan fingerprint density at radius 1 is 1.10 bits per heavy atom. The fraction of sp³-hybridized carbons (Fsp3) is 0.792. The SMILES string of the molecule is CC/C=C1/C2=C(CCC(F)C2)N(C2CCN(C3CCN(C(=O)OCC)CC3)CC2)C1O. The monoisotopic (exact) mass is 435 g/mol. The molecule has 0 spiro atoms. The Labute approximate surface area is 185 Å². The average Bonchev–Trinajstić information content (AvgIpc) is 3.05. The molecule has 4 aliphatic rings. The van der Waals surface area contributed by atoms with Gasteiger partial charge in [-0.2, -0.15) is 0 Å². The lowest BCUT2D eigenvalue weighted by molar-refractivity contribution is 0.00264. The Kier molecular flexibility index (Phi) is 7.22. The molecule has 3 aliphatic heterocycles. The fourth-order valence-electron chi connectivity index (χ4n) is 5.93. The fourth-order valence-corrected chi connectivity index (χ4v) is 5.93. The van der Waals surface area contributed by atoms with Crippen molar-refractivity contribution in [3.05, 3.63) is 22.9 Å². The number of nitrogens with zero attached hydrogens (tertiary/aromatic N) is 3. The first-order chi connectivity index (χ1) is 15.0. The van der Waals surface area contributed by atoms with E-state index in [-0.39, 0.29) is 6.09 Å². The molecule has 0 bridgehead atoms. The molecule has 0 saturated carbocycles. The van der Waals surface area contributed by atoms with E-state index in [1.165, 1.54) is 5.70 Å². The van der Waals surface area contributed by atoms with Gasteiger partial charge in [0.25, 0.3) is 0 Å². The molecule has 1 N–H and O–H groups in total. The van der Waals surface area contributed by atoms with Crippen LogP contribution >= 0.6 is 0 Å². The van der Waals surface area contributed by atoms with Crippen LogP contribution in [0.1, 0.15) is 65.2 Å². The molecule has 2 unspecified atom stereocenters. The number of amides is 1. The second kappa shape index (κ2) is 9.90. The number of rotatable bonds is 4. The third kappa shape index (κ3) is 4.63. The standard InChI is InChI=1S/C24H38FN3O3/c1-3-5-20-21-16-17(25)6-7-22(21)28(23(20)29)19-10-12-26(13-11-19)18-8-14-27(15-9-18)24(30)31-4-2/h5,17-19,23,29H,3-4,6-16H2,1-2H3/b20-5-. The summed E-state index contributed by atoms with van der Waals surface area (Å²) < 4.78 is 19.2. The van der Waals surface area contributed by atoms with Gasteiger partial charge in [0.1, 0.15) is 6.17 Å². The molecule has 2 fully saturated rings. The van der Waals surface area contributed by atoms with Gasteiger partial charge in [-0.1, -0.05) is 13.0 Å². The maximum atomic E-state index is 14.1. The summed E-state index contributed by atoms with van der Waals surface area (Å²) in [6.45, 7) is 7.89. The van der Waals surface area contributed by atoms with E-state index in [9.17, 15) is 14.3 Å². The molecule has 0 aromatic heterocycles. The van der Waals surface area contributed by atoms with E-state index in [1.54, 1.807) is 0 Å². The molecule has 7 heteroatoms. The third-order valence-corrected chi connectivity index (χ3v) is 7.49. The van der Waals surface area contributed by atoms with Crippen molar-refractivity contribution in [2.75, 3.05) is 32.8 Å². The second-order valence-electron chi connectivity index (χ2n) is 9.30. The predicted molar refractivity (Wildman–Crippen MR) is 118 cm³/mol. The van der Waals surface area contributed by atoms with Gasteiger partial charge in [-0.25, -0.2) is 9.18 Å². The van der Waals surface area contributed by atoms with E-state index in [4.69, 9.17) is 4.74 Å². The van der Waals surface area contributed by atoms with Crippen molar-refractivity contribution in [1.82, 2.24) is 14.7 Å². The van der Waals surface area contributed by atoms with Crippen molar-refractivity contribution < 1.29 is 19.0 Å². The van der Waals surface area contributed by atoms with E-state index < -0.39 is 12.4 Å². The molecule has 0 aromatic rings. The molecule has 2 atom stereocenters. The van der Waals surface area contributed by atoms with E-state index in [0.717, 1.165) is 75.9 Å². The van der Waals surface area contributed by atoms with E-state index in [0.29, 0.717) is 31.5 Å². The van der Waals surface area contributed by atoms with Gasteiger partial charge in [0.15, 0.2) is 6.23 Å². The van der Waals surface area contributed by atoms with Crippen molar-refractivity contribution in [3.63, 3.8) is 0 Å². The summed E-state index contributed by atoms with van der Waals surface area (Å²) in [6, 6.07) is 0.831. The largest absolute Gasteiger partial charge is 0.450 e. The number of alkyl halides is 1. The number of halogens is 1. The number of hydrogen-bond donors (Lipinski definition) is 1. The minimum atomic E-state index is -0.784.